The Kier molecular flexibility index (Phi) is 3.02. The van der Waals surface area contributed by atoms with Crippen molar-refractivity contribution in [2.75, 3.05) is 0 Å². The maximum atomic E-state index is 12.5. The molecule has 3 rings (SSSR count). The van der Waals surface area contributed by atoms with Crippen molar-refractivity contribution in [3.05, 3.63) is 52.9 Å². The zero-order valence-corrected chi connectivity index (χ0v) is 10.8. The van der Waals surface area contributed by atoms with Gasteiger partial charge in [0.1, 0.15) is 5.52 Å². The molecule has 5 heteroatoms. The molecule has 1 aromatic carbocycles. The lowest BCUT2D eigenvalue weighted by Crippen LogP contribution is -2.23. The van der Waals surface area contributed by atoms with Crippen molar-refractivity contribution < 1.29 is 9.90 Å². The predicted molar refractivity (Wildman–Crippen MR) is 76.0 cm³/mol. The van der Waals surface area contributed by atoms with Crippen LogP contribution in [0.15, 0.2) is 47.4 Å². The van der Waals surface area contributed by atoms with Gasteiger partial charge in [0.15, 0.2) is 0 Å². The highest BCUT2D eigenvalue weighted by Gasteiger charge is 2.10. The molecule has 3 aromatic rings. The van der Waals surface area contributed by atoms with E-state index in [1.165, 1.54) is 0 Å². The molecule has 0 amide bonds. The standard InChI is InChI=1S/C15H14N2O3/c18-14(19)8-4-10-17-12-6-2-1-5-11(12)16-9-3-7-13(16)15(17)20/h1-3,5-7,9H,4,8,10H2,(H,18,19). The van der Waals surface area contributed by atoms with E-state index >= 15 is 0 Å². The highest BCUT2D eigenvalue weighted by Crippen LogP contribution is 2.15. The Morgan fingerprint density at radius 2 is 1.75 bits per heavy atom. The Morgan fingerprint density at radius 3 is 2.50 bits per heavy atom. The molecule has 20 heavy (non-hydrogen) atoms. The van der Waals surface area contributed by atoms with Gasteiger partial charge in [-0.05, 0) is 30.7 Å². The van der Waals surface area contributed by atoms with Crippen LogP contribution in [0.25, 0.3) is 16.6 Å². The molecule has 0 bridgehead atoms. The zero-order valence-electron chi connectivity index (χ0n) is 10.8. The number of nitrogens with zero attached hydrogens (tertiary/aromatic N) is 2. The molecule has 2 heterocycles. The number of aryl methyl sites for hydroxylation is 1. The van der Waals surface area contributed by atoms with E-state index in [0.717, 1.165) is 11.0 Å². The first kappa shape index (κ1) is 12.5. The molecule has 5 nitrogen and oxygen atoms in total. The molecular formula is C15H14N2O3. The summed E-state index contributed by atoms with van der Waals surface area (Å²) in [5.74, 6) is -0.842. The van der Waals surface area contributed by atoms with Gasteiger partial charge in [0.25, 0.3) is 5.56 Å². The Bertz CT molecular complexity index is 845. The van der Waals surface area contributed by atoms with E-state index in [1.54, 1.807) is 10.6 Å². The molecule has 0 unspecified atom stereocenters. The minimum Gasteiger partial charge on any atom is -0.481 e. The normalized spacial score (nSPS) is 11.2. The summed E-state index contributed by atoms with van der Waals surface area (Å²) >= 11 is 0. The number of carbonyl (C=O) groups is 1. The van der Waals surface area contributed by atoms with Gasteiger partial charge in [0, 0.05) is 19.2 Å². The number of fused-ring (bicyclic) bond motifs is 3. The van der Waals surface area contributed by atoms with Crippen LogP contribution in [0.3, 0.4) is 0 Å². The Morgan fingerprint density at radius 1 is 1.05 bits per heavy atom. The molecule has 0 atom stereocenters. The summed E-state index contributed by atoms with van der Waals surface area (Å²) in [5, 5.41) is 8.72. The van der Waals surface area contributed by atoms with Crippen molar-refractivity contribution in [3.8, 4) is 0 Å². The fraction of sp³-hybridized carbons (Fsp3) is 0.200. The molecule has 0 saturated heterocycles. The second kappa shape index (κ2) is 4.85. The summed E-state index contributed by atoms with van der Waals surface area (Å²) in [5.41, 5.74) is 2.30. The molecule has 2 aromatic heterocycles. The van der Waals surface area contributed by atoms with Crippen LogP contribution in [0.5, 0.6) is 0 Å². The minimum absolute atomic E-state index is 0.0625. The van der Waals surface area contributed by atoms with Crippen LogP contribution < -0.4 is 5.56 Å². The third-order valence-corrected chi connectivity index (χ3v) is 3.42. The van der Waals surface area contributed by atoms with Crippen molar-refractivity contribution in [1.82, 2.24) is 8.97 Å². The van der Waals surface area contributed by atoms with Gasteiger partial charge in [0.2, 0.25) is 0 Å². The number of benzene rings is 1. The molecule has 102 valence electrons. The number of hydrogen-bond donors (Lipinski definition) is 1. The molecule has 0 aliphatic carbocycles. The summed E-state index contributed by atoms with van der Waals surface area (Å²) in [4.78, 5) is 23.1. The van der Waals surface area contributed by atoms with Gasteiger partial charge < -0.3 is 14.1 Å². The van der Waals surface area contributed by atoms with E-state index in [2.05, 4.69) is 0 Å². The fourth-order valence-electron chi connectivity index (χ4n) is 2.52. The maximum Gasteiger partial charge on any atom is 0.303 e. The number of aromatic nitrogens is 2. The van der Waals surface area contributed by atoms with E-state index < -0.39 is 5.97 Å². The minimum atomic E-state index is -0.842. The smallest absolute Gasteiger partial charge is 0.303 e. The third-order valence-electron chi connectivity index (χ3n) is 3.42. The largest absolute Gasteiger partial charge is 0.481 e. The molecule has 0 radical (unpaired) electrons. The van der Waals surface area contributed by atoms with E-state index in [-0.39, 0.29) is 12.0 Å². The van der Waals surface area contributed by atoms with Crippen LogP contribution in [0.4, 0.5) is 0 Å². The molecular weight excluding hydrogens is 256 g/mol. The fourth-order valence-corrected chi connectivity index (χ4v) is 2.52. The van der Waals surface area contributed by atoms with Crippen LogP contribution >= 0.6 is 0 Å². The first-order chi connectivity index (χ1) is 9.68. The monoisotopic (exact) mass is 270 g/mol. The molecule has 0 fully saturated rings. The van der Waals surface area contributed by atoms with E-state index in [9.17, 15) is 9.59 Å². The second-order valence-electron chi connectivity index (χ2n) is 4.71. The number of hydrogen-bond acceptors (Lipinski definition) is 2. The summed E-state index contributed by atoms with van der Waals surface area (Å²) in [7, 11) is 0. The third kappa shape index (κ3) is 1.97. The van der Waals surface area contributed by atoms with Crippen molar-refractivity contribution in [1.29, 1.82) is 0 Å². The van der Waals surface area contributed by atoms with E-state index in [0.29, 0.717) is 18.5 Å². The Labute approximate surface area is 114 Å². The first-order valence-corrected chi connectivity index (χ1v) is 6.49. The maximum absolute atomic E-state index is 12.5. The zero-order chi connectivity index (χ0) is 14.1. The highest BCUT2D eigenvalue weighted by atomic mass is 16.4. The van der Waals surface area contributed by atoms with Crippen LogP contribution in [-0.2, 0) is 11.3 Å². The quantitative estimate of drug-likeness (QED) is 0.789. The van der Waals surface area contributed by atoms with Crippen molar-refractivity contribution >= 4 is 22.5 Å². The number of aliphatic carboxylic acids is 1. The molecule has 0 spiro atoms. The summed E-state index contributed by atoms with van der Waals surface area (Å²) < 4.78 is 3.53. The highest BCUT2D eigenvalue weighted by molar-refractivity contribution is 5.79. The summed E-state index contributed by atoms with van der Waals surface area (Å²) in [6.07, 6.45) is 2.36. The van der Waals surface area contributed by atoms with Crippen LogP contribution in [-0.4, -0.2) is 20.0 Å². The number of rotatable bonds is 4. The molecule has 1 N–H and O–H groups in total. The average Bonchev–Trinajstić information content (AvgIpc) is 2.92. The van der Waals surface area contributed by atoms with E-state index in [1.807, 2.05) is 40.9 Å². The van der Waals surface area contributed by atoms with Crippen LogP contribution in [0.1, 0.15) is 12.8 Å². The van der Waals surface area contributed by atoms with Crippen molar-refractivity contribution in [2.24, 2.45) is 0 Å². The van der Waals surface area contributed by atoms with Crippen molar-refractivity contribution in [3.63, 3.8) is 0 Å². The second-order valence-corrected chi connectivity index (χ2v) is 4.71. The van der Waals surface area contributed by atoms with Gasteiger partial charge in [-0.15, -0.1) is 0 Å². The number of carboxylic acid groups (broad SMARTS) is 1. The predicted octanol–water partition coefficient (Wildman–Crippen LogP) is 2.12. The van der Waals surface area contributed by atoms with Gasteiger partial charge in [-0.3, -0.25) is 9.59 Å². The van der Waals surface area contributed by atoms with Crippen LogP contribution in [0, 0.1) is 0 Å². The SMILES string of the molecule is O=C(O)CCCn1c(=O)c2cccn2c2ccccc21. The van der Waals surface area contributed by atoms with Crippen molar-refractivity contribution in [2.45, 2.75) is 19.4 Å². The van der Waals surface area contributed by atoms with Gasteiger partial charge in [-0.1, -0.05) is 12.1 Å². The number of para-hydroxylation sites is 2. The number of carboxylic acids is 1. The lowest BCUT2D eigenvalue weighted by molar-refractivity contribution is -0.137. The lowest BCUT2D eigenvalue weighted by atomic mass is 10.2. The van der Waals surface area contributed by atoms with Gasteiger partial charge in [0.05, 0.1) is 11.0 Å². The summed E-state index contributed by atoms with van der Waals surface area (Å²) in [6, 6.07) is 11.3. The Balaban J connectivity index is 2.19. The summed E-state index contributed by atoms with van der Waals surface area (Å²) in [6.45, 7) is 0.410. The molecule has 0 saturated carbocycles. The van der Waals surface area contributed by atoms with Gasteiger partial charge in [-0.25, -0.2) is 0 Å². The topological polar surface area (TPSA) is 63.7 Å². The van der Waals surface area contributed by atoms with E-state index in [4.69, 9.17) is 5.11 Å². The molecule has 0 aliphatic heterocycles. The van der Waals surface area contributed by atoms with Gasteiger partial charge >= 0.3 is 5.97 Å². The first-order valence-electron chi connectivity index (χ1n) is 6.49. The van der Waals surface area contributed by atoms with Crippen LogP contribution in [0.2, 0.25) is 0 Å². The van der Waals surface area contributed by atoms with Gasteiger partial charge in [-0.2, -0.15) is 0 Å². The lowest BCUT2D eigenvalue weighted by Gasteiger charge is -2.11. The molecule has 0 aliphatic rings. The average molecular weight is 270 g/mol. The Hall–Kier alpha value is -2.56.